The van der Waals surface area contributed by atoms with E-state index in [0.29, 0.717) is 40.6 Å². The Labute approximate surface area is 240 Å². The van der Waals surface area contributed by atoms with E-state index in [0.717, 1.165) is 56.7 Å². The zero-order chi connectivity index (χ0) is 28.5. The van der Waals surface area contributed by atoms with Gasteiger partial charge < -0.3 is 16.0 Å². The molecule has 10 heteroatoms. The summed E-state index contributed by atoms with van der Waals surface area (Å²) in [4.78, 5) is 38.6. The number of anilines is 1. The fraction of sp³-hybridized carbons (Fsp3) is 0.194. The number of unbranched alkanes of at least 4 members (excludes halogenated alkanes) is 1. The number of aromatic amines is 2. The van der Waals surface area contributed by atoms with Gasteiger partial charge in [-0.25, -0.2) is 4.98 Å². The van der Waals surface area contributed by atoms with Gasteiger partial charge in [-0.2, -0.15) is 5.10 Å². The Hall–Kier alpha value is -4.83. The molecule has 1 aromatic carbocycles. The molecule has 1 amide bonds. The number of Topliss-reactive ketones (excluding diaryl/α,β-unsaturated/α-hetero) is 1. The normalized spacial score (nSPS) is 12.9. The van der Waals surface area contributed by atoms with Crippen molar-refractivity contribution >= 4 is 45.2 Å². The average Bonchev–Trinajstić information content (AvgIpc) is 3.69. The van der Waals surface area contributed by atoms with Crippen LogP contribution in [0.3, 0.4) is 0 Å². The summed E-state index contributed by atoms with van der Waals surface area (Å²) in [5.41, 5.74) is 13.6. The molecule has 41 heavy (non-hydrogen) atoms. The van der Waals surface area contributed by atoms with E-state index >= 15 is 0 Å². The number of H-pyrrole nitrogens is 2. The minimum absolute atomic E-state index is 0.0140. The number of pyridine rings is 1. The molecular weight excluding hydrogens is 534 g/mol. The predicted octanol–water partition coefficient (Wildman–Crippen LogP) is 6.24. The number of nitrogens with zero attached hydrogens (tertiary/aromatic N) is 3. The molecule has 4 aromatic heterocycles. The van der Waals surface area contributed by atoms with Gasteiger partial charge in [0.1, 0.15) is 5.69 Å². The van der Waals surface area contributed by atoms with Gasteiger partial charge in [0.05, 0.1) is 28.0 Å². The molecule has 5 N–H and O–H groups in total. The van der Waals surface area contributed by atoms with Crippen LogP contribution >= 0.6 is 11.3 Å². The summed E-state index contributed by atoms with van der Waals surface area (Å²) in [6, 6.07) is 11.7. The van der Waals surface area contributed by atoms with Crippen LogP contribution in [0.5, 0.6) is 0 Å². The number of hydrogen-bond donors (Lipinski definition) is 4. The first-order chi connectivity index (χ1) is 19.9. The van der Waals surface area contributed by atoms with Crippen molar-refractivity contribution in [3.8, 4) is 22.6 Å². The maximum atomic E-state index is 12.2. The van der Waals surface area contributed by atoms with Gasteiger partial charge >= 0.3 is 0 Å². The topological polar surface area (TPSA) is 142 Å². The lowest BCUT2D eigenvalue weighted by Gasteiger charge is -2.07. The Bertz CT molecular complexity index is 1860. The summed E-state index contributed by atoms with van der Waals surface area (Å²) in [5.74, 6) is 0.643. The monoisotopic (exact) mass is 563 g/mol. The number of fused-ring (bicyclic) bond motifs is 2. The van der Waals surface area contributed by atoms with Gasteiger partial charge in [-0.15, -0.1) is 11.3 Å². The third-order valence-electron chi connectivity index (χ3n) is 7.00. The van der Waals surface area contributed by atoms with Gasteiger partial charge in [0, 0.05) is 51.8 Å². The number of amides is 1. The molecule has 206 valence electrons. The van der Waals surface area contributed by atoms with Crippen molar-refractivity contribution < 1.29 is 9.59 Å². The highest BCUT2D eigenvalue weighted by Crippen LogP contribution is 2.36. The van der Waals surface area contributed by atoms with Gasteiger partial charge in [-0.1, -0.05) is 19.4 Å². The first kappa shape index (κ1) is 26.4. The second-order valence-electron chi connectivity index (χ2n) is 10.1. The van der Waals surface area contributed by atoms with Gasteiger partial charge in [0.15, 0.2) is 11.6 Å². The number of allylic oxidation sites excluding steroid dienone is 3. The maximum Gasteiger partial charge on any atom is 0.224 e. The number of benzene rings is 1. The van der Waals surface area contributed by atoms with Crippen molar-refractivity contribution in [3.05, 3.63) is 87.8 Å². The lowest BCUT2D eigenvalue weighted by Crippen LogP contribution is -2.11. The molecule has 0 spiro atoms. The number of imidazole rings is 1. The van der Waals surface area contributed by atoms with Crippen molar-refractivity contribution in [1.29, 1.82) is 0 Å². The van der Waals surface area contributed by atoms with Crippen LogP contribution in [0.25, 0.3) is 39.1 Å². The molecule has 1 aliphatic rings. The molecule has 0 saturated heterocycles. The van der Waals surface area contributed by atoms with E-state index in [1.165, 1.54) is 11.3 Å². The number of aromatic nitrogens is 5. The minimum atomic E-state index is -0.0140. The van der Waals surface area contributed by atoms with E-state index in [1.807, 2.05) is 48.6 Å². The second kappa shape index (κ2) is 11.0. The number of nitrogens with one attached hydrogen (secondary N) is 3. The molecule has 0 aliphatic heterocycles. The van der Waals surface area contributed by atoms with E-state index in [-0.39, 0.29) is 11.7 Å². The van der Waals surface area contributed by atoms with E-state index < -0.39 is 0 Å². The summed E-state index contributed by atoms with van der Waals surface area (Å²) in [5, 5.41) is 11.6. The zero-order valence-electron chi connectivity index (χ0n) is 22.7. The van der Waals surface area contributed by atoms with Crippen LogP contribution in [-0.4, -0.2) is 36.8 Å². The van der Waals surface area contributed by atoms with Crippen LogP contribution in [0.4, 0.5) is 5.69 Å². The Balaban J connectivity index is 1.36. The summed E-state index contributed by atoms with van der Waals surface area (Å²) in [7, 11) is 0. The van der Waals surface area contributed by atoms with Crippen molar-refractivity contribution in [1.82, 2.24) is 25.1 Å². The van der Waals surface area contributed by atoms with Crippen molar-refractivity contribution in [3.63, 3.8) is 0 Å². The Morgan fingerprint density at radius 2 is 1.95 bits per heavy atom. The number of hydrogen-bond acceptors (Lipinski definition) is 7. The van der Waals surface area contributed by atoms with E-state index in [1.54, 1.807) is 19.3 Å². The molecule has 0 bridgehead atoms. The molecule has 0 saturated carbocycles. The lowest BCUT2D eigenvalue weighted by molar-refractivity contribution is -0.116. The Kier molecular flexibility index (Phi) is 7.07. The average molecular weight is 564 g/mol. The quantitative estimate of drug-likeness (QED) is 0.165. The van der Waals surface area contributed by atoms with Crippen LogP contribution in [0.2, 0.25) is 0 Å². The fourth-order valence-corrected chi connectivity index (χ4v) is 5.80. The molecule has 0 radical (unpaired) electrons. The summed E-state index contributed by atoms with van der Waals surface area (Å²) in [6.45, 7) is 3.63. The van der Waals surface area contributed by atoms with Crippen LogP contribution in [-0.2, 0) is 11.2 Å². The van der Waals surface area contributed by atoms with E-state index in [9.17, 15) is 9.59 Å². The highest BCUT2D eigenvalue weighted by molar-refractivity contribution is 7.15. The van der Waals surface area contributed by atoms with Crippen molar-refractivity contribution in [2.24, 2.45) is 5.73 Å². The third-order valence-corrected chi connectivity index (χ3v) is 8.22. The van der Waals surface area contributed by atoms with E-state index in [2.05, 4.69) is 32.4 Å². The highest BCUT2D eigenvalue weighted by atomic mass is 32.1. The van der Waals surface area contributed by atoms with Crippen molar-refractivity contribution in [2.45, 2.75) is 39.5 Å². The van der Waals surface area contributed by atoms with Crippen molar-refractivity contribution in [2.75, 3.05) is 5.32 Å². The van der Waals surface area contributed by atoms with Gasteiger partial charge in [0.2, 0.25) is 5.91 Å². The first-order valence-electron chi connectivity index (χ1n) is 13.5. The highest BCUT2D eigenvalue weighted by Gasteiger charge is 2.23. The zero-order valence-corrected chi connectivity index (χ0v) is 23.6. The minimum Gasteiger partial charge on any atom is -0.402 e. The standard InChI is InChI=1S/C31H29N7O2S/c1-3-4-5-28(40)34-21-12-19(15-33-16-21)18-6-9-24-23(13-18)30(38-37-24)31-35-25-14-20(32)7-8-22(29(25)36-31)27-11-10-26(41-27)17(2)39/h6-13,15-16H,3-5,14,32H2,1-2H3,(H,34,40)(H,35,36)(H,37,38). The van der Waals surface area contributed by atoms with Crippen LogP contribution in [0.15, 0.2) is 66.6 Å². The molecule has 0 unspecified atom stereocenters. The SMILES string of the molecule is CCCCC(=O)Nc1cncc(-c2ccc3[nH]nc(-c4nc5c([nH]4)CC(N)=CC=C5c4ccc(C(C)=O)s4)c3c2)c1. The molecule has 9 nitrogen and oxygen atoms in total. The van der Waals surface area contributed by atoms with Gasteiger partial charge in [-0.3, -0.25) is 19.7 Å². The third kappa shape index (κ3) is 5.33. The lowest BCUT2D eigenvalue weighted by atomic mass is 10.0. The summed E-state index contributed by atoms with van der Waals surface area (Å²) >= 11 is 1.44. The fourth-order valence-electron chi connectivity index (χ4n) is 4.88. The molecule has 1 aliphatic carbocycles. The molecule has 0 atom stereocenters. The molecular formula is C31H29N7O2S. The number of carbonyl (C=O) groups is 2. The summed E-state index contributed by atoms with van der Waals surface area (Å²) in [6.07, 6.45) is 10.1. The van der Waals surface area contributed by atoms with Crippen LogP contribution < -0.4 is 11.1 Å². The molecule has 0 fully saturated rings. The number of rotatable bonds is 8. The first-order valence-corrected chi connectivity index (χ1v) is 14.3. The Morgan fingerprint density at radius 3 is 2.76 bits per heavy atom. The van der Waals surface area contributed by atoms with Crippen LogP contribution in [0, 0.1) is 0 Å². The number of carbonyl (C=O) groups excluding carboxylic acids is 2. The summed E-state index contributed by atoms with van der Waals surface area (Å²) < 4.78 is 0. The van der Waals surface area contributed by atoms with Gasteiger partial charge in [0.25, 0.3) is 0 Å². The number of nitrogens with two attached hydrogens (primary N) is 1. The number of thiophene rings is 1. The van der Waals surface area contributed by atoms with Gasteiger partial charge in [-0.05, 0) is 61.4 Å². The molecule has 6 rings (SSSR count). The second-order valence-corrected chi connectivity index (χ2v) is 11.2. The largest absolute Gasteiger partial charge is 0.402 e. The van der Waals surface area contributed by atoms with E-state index in [4.69, 9.17) is 10.7 Å². The number of ketones is 1. The Morgan fingerprint density at radius 1 is 1.07 bits per heavy atom. The predicted molar refractivity (Wildman–Crippen MR) is 162 cm³/mol. The molecule has 5 aromatic rings. The maximum absolute atomic E-state index is 12.2. The smallest absolute Gasteiger partial charge is 0.224 e. The van der Waals surface area contributed by atoms with Crippen LogP contribution in [0.1, 0.15) is 59.0 Å². The molecule has 4 heterocycles.